The van der Waals surface area contributed by atoms with E-state index in [1.807, 2.05) is 49.1 Å². The smallest absolute Gasteiger partial charge is 0.176 e. The summed E-state index contributed by atoms with van der Waals surface area (Å²) in [6.45, 7) is 5.80. The predicted molar refractivity (Wildman–Crippen MR) is 76.6 cm³/mol. The van der Waals surface area contributed by atoms with Crippen molar-refractivity contribution in [3.05, 3.63) is 47.1 Å². The molecule has 0 saturated heterocycles. The molecule has 0 heterocycles. The molecule has 0 N–H and O–H groups in total. The Hall–Kier alpha value is -1.28. The highest BCUT2D eigenvalue weighted by Crippen LogP contribution is 2.11. The van der Waals surface area contributed by atoms with E-state index in [4.69, 9.17) is 11.6 Å². The molecule has 0 aromatic heterocycles. The third-order valence-electron chi connectivity index (χ3n) is 2.86. The van der Waals surface area contributed by atoms with Gasteiger partial charge in [-0.05, 0) is 25.8 Å². The molecule has 98 valence electrons. The number of ketones is 1. The van der Waals surface area contributed by atoms with Gasteiger partial charge in [-0.25, -0.2) is 0 Å². The molecule has 1 aromatic rings. The lowest BCUT2D eigenvalue weighted by atomic mass is 10.1. The van der Waals surface area contributed by atoms with Crippen molar-refractivity contribution in [3.63, 3.8) is 0 Å². The van der Waals surface area contributed by atoms with Crippen LogP contribution < -0.4 is 0 Å². The largest absolute Gasteiger partial charge is 0.377 e. The Bertz CT molecular complexity index is 396. The minimum absolute atomic E-state index is 0.00687. The molecule has 0 radical (unpaired) electrons. The summed E-state index contributed by atoms with van der Waals surface area (Å²) in [5, 5.41) is 0.328. The van der Waals surface area contributed by atoms with Crippen LogP contribution in [-0.2, 0) is 11.2 Å². The third kappa shape index (κ3) is 4.92. The van der Waals surface area contributed by atoms with Crippen molar-refractivity contribution in [1.29, 1.82) is 0 Å². The van der Waals surface area contributed by atoms with Gasteiger partial charge in [0.25, 0.3) is 0 Å². The Balaban J connectivity index is 2.50. The molecular formula is C15H20ClNO. The van der Waals surface area contributed by atoms with E-state index >= 15 is 0 Å². The Morgan fingerprint density at radius 2 is 1.83 bits per heavy atom. The van der Waals surface area contributed by atoms with E-state index in [9.17, 15) is 4.79 Å². The van der Waals surface area contributed by atoms with Gasteiger partial charge in [-0.15, -0.1) is 0 Å². The van der Waals surface area contributed by atoms with E-state index in [0.29, 0.717) is 11.5 Å². The molecule has 3 heteroatoms. The fourth-order valence-electron chi connectivity index (χ4n) is 1.66. The van der Waals surface area contributed by atoms with E-state index < -0.39 is 0 Å². The van der Waals surface area contributed by atoms with Gasteiger partial charge in [0.15, 0.2) is 5.78 Å². The Morgan fingerprint density at radius 3 is 2.39 bits per heavy atom. The summed E-state index contributed by atoms with van der Waals surface area (Å²) in [6, 6.07) is 9.98. The number of allylic oxidation sites excluding steroid dienone is 1. The first kappa shape index (κ1) is 14.8. The zero-order valence-corrected chi connectivity index (χ0v) is 11.8. The van der Waals surface area contributed by atoms with Crippen molar-refractivity contribution < 1.29 is 4.79 Å². The average molecular weight is 266 g/mol. The lowest BCUT2D eigenvalue weighted by Crippen LogP contribution is -2.17. The molecule has 0 aliphatic heterocycles. The SMILES string of the molecule is CCN(/C=C(\Cl)C(=O)CCc1ccccc1)CC. The molecule has 0 amide bonds. The van der Waals surface area contributed by atoms with Gasteiger partial charge in [-0.3, -0.25) is 4.79 Å². The molecule has 0 aliphatic rings. The first-order chi connectivity index (χ1) is 8.67. The zero-order chi connectivity index (χ0) is 13.4. The quantitative estimate of drug-likeness (QED) is 0.702. The van der Waals surface area contributed by atoms with Gasteiger partial charge in [-0.2, -0.15) is 0 Å². The van der Waals surface area contributed by atoms with E-state index in [-0.39, 0.29) is 5.78 Å². The maximum atomic E-state index is 11.9. The first-order valence-corrected chi connectivity index (χ1v) is 6.73. The maximum absolute atomic E-state index is 11.9. The molecule has 2 nitrogen and oxygen atoms in total. The fraction of sp³-hybridized carbons (Fsp3) is 0.400. The number of benzene rings is 1. The van der Waals surface area contributed by atoms with Crippen molar-refractivity contribution in [2.24, 2.45) is 0 Å². The number of aryl methyl sites for hydroxylation is 1. The van der Waals surface area contributed by atoms with Crippen molar-refractivity contribution >= 4 is 17.4 Å². The monoisotopic (exact) mass is 265 g/mol. The van der Waals surface area contributed by atoms with Crippen LogP contribution in [0.4, 0.5) is 0 Å². The number of hydrogen-bond acceptors (Lipinski definition) is 2. The topological polar surface area (TPSA) is 20.3 Å². The number of rotatable bonds is 7. The van der Waals surface area contributed by atoms with Crippen LogP contribution in [-0.4, -0.2) is 23.8 Å². The number of hydrogen-bond donors (Lipinski definition) is 0. The molecule has 0 bridgehead atoms. The van der Waals surface area contributed by atoms with Gasteiger partial charge in [0.1, 0.15) is 0 Å². The molecule has 1 aromatic carbocycles. The van der Waals surface area contributed by atoms with Gasteiger partial charge in [0.05, 0.1) is 5.03 Å². The van der Waals surface area contributed by atoms with Crippen LogP contribution in [0.1, 0.15) is 25.8 Å². The summed E-state index contributed by atoms with van der Waals surface area (Å²) in [7, 11) is 0. The van der Waals surface area contributed by atoms with E-state index in [1.54, 1.807) is 6.20 Å². The highest BCUT2D eigenvalue weighted by Gasteiger charge is 2.08. The summed E-state index contributed by atoms with van der Waals surface area (Å²) in [5.74, 6) is 0.00687. The minimum Gasteiger partial charge on any atom is -0.377 e. The highest BCUT2D eigenvalue weighted by molar-refractivity contribution is 6.42. The van der Waals surface area contributed by atoms with Gasteiger partial charge in [-0.1, -0.05) is 41.9 Å². The third-order valence-corrected chi connectivity index (χ3v) is 3.17. The van der Waals surface area contributed by atoms with Crippen molar-refractivity contribution in [2.45, 2.75) is 26.7 Å². The van der Waals surface area contributed by atoms with Gasteiger partial charge in [0.2, 0.25) is 0 Å². The molecule has 1 rings (SSSR count). The van der Waals surface area contributed by atoms with Crippen LogP contribution in [0.25, 0.3) is 0 Å². The highest BCUT2D eigenvalue weighted by atomic mass is 35.5. The molecule has 0 spiro atoms. The normalized spacial score (nSPS) is 11.4. The Morgan fingerprint density at radius 1 is 1.22 bits per heavy atom. The van der Waals surface area contributed by atoms with Gasteiger partial charge < -0.3 is 4.90 Å². The standard InChI is InChI=1S/C15H20ClNO/c1-3-17(4-2)12-14(16)15(18)11-10-13-8-6-5-7-9-13/h5-9,12H,3-4,10-11H2,1-2H3/b14-12-. The van der Waals surface area contributed by atoms with E-state index in [2.05, 4.69) is 0 Å². The fourth-order valence-corrected chi connectivity index (χ4v) is 1.89. The van der Waals surface area contributed by atoms with Crippen LogP contribution in [0.15, 0.2) is 41.6 Å². The lowest BCUT2D eigenvalue weighted by molar-refractivity contribution is -0.115. The van der Waals surface area contributed by atoms with Crippen LogP contribution >= 0.6 is 11.6 Å². The number of Topliss-reactive ketones (excluding diaryl/α,β-unsaturated/α-hetero) is 1. The van der Waals surface area contributed by atoms with Gasteiger partial charge in [0, 0.05) is 25.7 Å². The van der Waals surface area contributed by atoms with Crippen molar-refractivity contribution in [2.75, 3.05) is 13.1 Å². The number of halogens is 1. The molecule has 0 saturated carbocycles. The molecule has 0 fully saturated rings. The molecule has 0 aliphatic carbocycles. The Labute approximate surface area is 114 Å². The average Bonchev–Trinajstić information content (AvgIpc) is 2.42. The second-order valence-corrected chi connectivity index (χ2v) is 4.51. The van der Waals surface area contributed by atoms with Gasteiger partial charge >= 0.3 is 0 Å². The van der Waals surface area contributed by atoms with Crippen molar-refractivity contribution in [3.8, 4) is 0 Å². The molecule has 18 heavy (non-hydrogen) atoms. The Kier molecular flexibility index (Phi) is 6.51. The van der Waals surface area contributed by atoms with E-state index in [0.717, 1.165) is 25.1 Å². The maximum Gasteiger partial charge on any atom is 0.176 e. The van der Waals surface area contributed by atoms with Crippen molar-refractivity contribution in [1.82, 2.24) is 4.90 Å². The first-order valence-electron chi connectivity index (χ1n) is 6.35. The number of nitrogens with zero attached hydrogens (tertiary/aromatic N) is 1. The van der Waals surface area contributed by atoms with Crippen LogP contribution in [0.3, 0.4) is 0 Å². The summed E-state index contributed by atoms with van der Waals surface area (Å²) >= 11 is 6.02. The molecular weight excluding hydrogens is 246 g/mol. The van der Waals surface area contributed by atoms with Crippen LogP contribution in [0, 0.1) is 0 Å². The summed E-state index contributed by atoms with van der Waals surface area (Å²) in [4.78, 5) is 13.9. The summed E-state index contributed by atoms with van der Waals surface area (Å²) in [5.41, 5.74) is 1.16. The number of carbonyl (C=O) groups is 1. The van der Waals surface area contributed by atoms with Crippen LogP contribution in [0.2, 0.25) is 0 Å². The molecule has 0 unspecified atom stereocenters. The number of carbonyl (C=O) groups excluding carboxylic acids is 1. The minimum atomic E-state index is 0.00687. The van der Waals surface area contributed by atoms with E-state index in [1.165, 1.54) is 0 Å². The second-order valence-electron chi connectivity index (χ2n) is 4.11. The predicted octanol–water partition coefficient (Wildman–Crippen LogP) is 3.61. The second kappa shape index (κ2) is 7.93. The zero-order valence-electron chi connectivity index (χ0n) is 11.0. The van der Waals surface area contributed by atoms with Crippen LogP contribution in [0.5, 0.6) is 0 Å². The summed E-state index contributed by atoms with van der Waals surface area (Å²) in [6.07, 6.45) is 2.94. The lowest BCUT2D eigenvalue weighted by Gasteiger charge is -2.15. The summed E-state index contributed by atoms with van der Waals surface area (Å²) < 4.78 is 0. The molecule has 0 atom stereocenters.